The minimum absolute atomic E-state index is 0.00218. The van der Waals surface area contributed by atoms with Crippen LogP contribution in [0.5, 0.6) is 5.75 Å². The second kappa shape index (κ2) is 10.8. The molecule has 0 N–H and O–H groups in total. The first-order chi connectivity index (χ1) is 14.8. The molecule has 1 aliphatic rings. The fourth-order valence-corrected chi connectivity index (χ4v) is 5.19. The van der Waals surface area contributed by atoms with Gasteiger partial charge in [-0.05, 0) is 49.4 Å². The lowest BCUT2D eigenvalue weighted by Crippen LogP contribution is -2.50. The fraction of sp³-hybridized carbons (Fsp3) is 0.458. The van der Waals surface area contributed by atoms with Gasteiger partial charge in [-0.15, -0.1) is 0 Å². The minimum Gasteiger partial charge on any atom is -0.493 e. The van der Waals surface area contributed by atoms with Crippen LogP contribution in [0.2, 0.25) is 0 Å². The van der Waals surface area contributed by atoms with Crippen molar-refractivity contribution in [3.05, 3.63) is 65.2 Å². The van der Waals surface area contributed by atoms with Gasteiger partial charge in [-0.25, -0.2) is 8.42 Å². The average Bonchev–Trinajstić information content (AvgIpc) is 2.76. The number of rotatable bonds is 9. The van der Waals surface area contributed by atoms with E-state index >= 15 is 0 Å². The zero-order valence-electron chi connectivity index (χ0n) is 18.4. The summed E-state index contributed by atoms with van der Waals surface area (Å²) in [5.74, 6) is 0.994. The Balaban J connectivity index is 1.36. The van der Waals surface area contributed by atoms with Crippen LogP contribution in [0.15, 0.2) is 48.5 Å². The summed E-state index contributed by atoms with van der Waals surface area (Å²) in [6, 6.07) is 15.3. The topological polar surface area (TPSA) is 66.9 Å². The third-order valence-electron chi connectivity index (χ3n) is 5.56. The molecule has 6 nitrogen and oxygen atoms in total. The first-order valence-corrected chi connectivity index (χ1v) is 12.5. The normalized spacial score (nSPS) is 15.1. The van der Waals surface area contributed by atoms with E-state index in [0.29, 0.717) is 39.2 Å². The number of unbranched alkanes of at least 4 members (excludes halogenated alkanes) is 1. The summed E-state index contributed by atoms with van der Waals surface area (Å²) in [4.78, 5) is 14.3. The molecule has 0 bridgehead atoms. The summed E-state index contributed by atoms with van der Waals surface area (Å²) < 4.78 is 32.6. The Kier molecular flexibility index (Phi) is 8.09. The van der Waals surface area contributed by atoms with Crippen molar-refractivity contribution >= 4 is 15.9 Å². The molecule has 168 valence electrons. The molecule has 0 radical (unpaired) electrons. The fourth-order valence-electron chi connectivity index (χ4n) is 3.67. The number of benzene rings is 2. The van der Waals surface area contributed by atoms with Crippen LogP contribution < -0.4 is 4.74 Å². The van der Waals surface area contributed by atoms with Crippen LogP contribution in [0.4, 0.5) is 0 Å². The van der Waals surface area contributed by atoms with Gasteiger partial charge in [0.2, 0.25) is 15.9 Å². The van der Waals surface area contributed by atoms with E-state index in [0.717, 1.165) is 29.7 Å². The van der Waals surface area contributed by atoms with Gasteiger partial charge in [0, 0.05) is 32.6 Å². The van der Waals surface area contributed by atoms with E-state index in [9.17, 15) is 13.2 Å². The molecule has 0 aromatic heterocycles. The molecule has 1 fully saturated rings. The number of aryl methyl sites for hydroxylation is 2. The first-order valence-electron chi connectivity index (χ1n) is 10.8. The largest absolute Gasteiger partial charge is 0.493 e. The summed E-state index contributed by atoms with van der Waals surface area (Å²) in [7, 11) is -3.36. The predicted molar refractivity (Wildman–Crippen MR) is 122 cm³/mol. The number of nitrogens with zero attached hydrogens (tertiary/aromatic N) is 2. The molecule has 1 heterocycles. The van der Waals surface area contributed by atoms with E-state index in [-0.39, 0.29) is 11.7 Å². The van der Waals surface area contributed by atoms with Crippen LogP contribution in [0, 0.1) is 13.8 Å². The SMILES string of the molecule is Cc1ccc(C)c(OCCCCC(=O)N2CCN(S(=O)(=O)Cc3ccccc3)CC2)c1. The maximum atomic E-state index is 12.6. The number of amides is 1. The number of ether oxygens (including phenoxy) is 1. The molecule has 7 heteroatoms. The lowest BCUT2D eigenvalue weighted by molar-refractivity contribution is -0.132. The summed E-state index contributed by atoms with van der Waals surface area (Å²) in [6.45, 7) is 6.27. The van der Waals surface area contributed by atoms with Crippen LogP contribution in [0.1, 0.15) is 36.0 Å². The van der Waals surface area contributed by atoms with E-state index in [1.54, 1.807) is 4.90 Å². The molecule has 1 amide bonds. The summed E-state index contributed by atoms with van der Waals surface area (Å²) >= 11 is 0. The third-order valence-corrected chi connectivity index (χ3v) is 7.41. The monoisotopic (exact) mass is 444 g/mol. The second-order valence-electron chi connectivity index (χ2n) is 8.10. The van der Waals surface area contributed by atoms with E-state index in [1.807, 2.05) is 56.3 Å². The maximum Gasteiger partial charge on any atom is 0.222 e. The number of piperazine rings is 1. The van der Waals surface area contributed by atoms with Crippen LogP contribution in [-0.4, -0.2) is 56.3 Å². The van der Waals surface area contributed by atoms with Gasteiger partial charge >= 0.3 is 0 Å². The molecule has 0 saturated carbocycles. The molecule has 0 unspecified atom stereocenters. The smallest absolute Gasteiger partial charge is 0.222 e. The van der Waals surface area contributed by atoms with Crippen LogP contribution in [-0.2, 0) is 20.6 Å². The Labute approximate surface area is 185 Å². The van der Waals surface area contributed by atoms with Crippen molar-refractivity contribution in [2.24, 2.45) is 0 Å². The number of hydrogen-bond acceptors (Lipinski definition) is 4. The van der Waals surface area contributed by atoms with Crippen molar-refractivity contribution < 1.29 is 17.9 Å². The molecule has 3 rings (SSSR count). The van der Waals surface area contributed by atoms with Gasteiger partial charge in [-0.3, -0.25) is 4.79 Å². The van der Waals surface area contributed by atoms with Gasteiger partial charge in [-0.1, -0.05) is 42.5 Å². The Morgan fingerprint density at radius 1 is 0.968 bits per heavy atom. The van der Waals surface area contributed by atoms with E-state index in [4.69, 9.17) is 4.74 Å². The molecule has 1 aliphatic heterocycles. The van der Waals surface area contributed by atoms with Gasteiger partial charge in [0.25, 0.3) is 0 Å². The standard InChI is InChI=1S/C24H32N2O4S/c1-20-11-12-21(2)23(18-20)30-17-7-6-10-24(27)25-13-15-26(16-14-25)31(28,29)19-22-8-4-3-5-9-22/h3-5,8-9,11-12,18H,6-7,10,13-17,19H2,1-2H3. The Bertz CT molecular complexity index is 968. The Morgan fingerprint density at radius 3 is 2.39 bits per heavy atom. The minimum atomic E-state index is -3.36. The third kappa shape index (κ3) is 6.80. The highest BCUT2D eigenvalue weighted by atomic mass is 32.2. The Morgan fingerprint density at radius 2 is 1.68 bits per heavy atom. The van der Waals surface area contributed by atoms with Gasteiger partial charge in [-0.2, -0.15) is 4.31 Å². The molecule has 2 aromatic rings. The molecule has 1 saturated heterocycles. The molecule has 2 aromatic carbocycles. The Hall–Kier alpha value is -2.38. The van der Waals surface area contributed by atoms with Gasteiger partial charge in [0.15, 0.2) is 0 Å². The number of hydrogen-bond donors (Lipinski definition) is 0. The van der Waals surface area contributed by atoms with Gasteiger partial charge in [0.05, 0.1) is 12.4 Å². The molecule has 0 aliphatic carbocycles. The van der Waals surface area contributed by atoms with Crippen molar-refractivity contribution in [2.75, 3.05) is 32.8 Å². The molecule has 31 heavy (non-hydrogen) atoms. The lowest BCUT2D eigenvalue weighted by Gasteiger charge is -2.34. The van der Waals surface area contributed by atoms with Crippen LogP contribution >= 0.6 is 0 Å². The molecule has 0 atom stereocenters. The van der Waals surface area contributed by atoms with Crippen LogP contribution in [0.3, 0.4) is 0 Å². The van der Waals surface area contributed by atoms with Crippen molar-refractivity contribution in [1.29, 1.82) is 0 Å². The van der Waals surface area contributed by atoms with Crippen molar-refractivity contribution in [2.45, 2.75) is 38.9 Å². The van der Waals surface area contributed by atoms with Crippen molar-refractivity contribution in [3.8, 4) is 5.75 Å². The van der Waals surface area contributed by atoms with Gasteiger partial charge in [0.1, 0.15) is 5.75 Å². The quantitative estimate of drug-likeness (QED) is 0.555. The van der Waals surface area contributed by atoms with Crippen LogP contribution in [0.25, 0.3) is 0 Å². The average molecular weight is 445 g/mol. The highest BCUT2D eigenvalue weighted by Gasteiger charge is 2.28. The summed E-state index contributed by atoms with van der Waals surface area (Å²) in [5.41, 5.74) is 3.06. The highest BCUT2D eigenvalue weighted by molar-refractivity contribution is 7.88. The highest BCUT2D eigenvalue weighted by Crippen LogP contribution is 2.19. The second-order valence-corrected chi connectivity index (χ2v) is 10.1. The van der Waals surface area contributed by atoms with Crippen molar-refractivity contribution in [1.82, 2.24) is 9.21 Å². The molecular formula is C24H32N2O4S. The van der Waals surface area contributed by atoms with Gasteiger partial charge < -0.3 is 9.64 Å². The van der Waals surface area contributed by atoms with E-state index in [2.05, 4.69) is 6.07 Å². The maximum absolute atomic E-state index is 12.6. The summed E-state index contributed by atoms with van der Waals surface area (Å²) in [5, 5.41) is 0. The lowest BCUT2D eigenvalue weighted by atomic mass is 10.1. The molecule has 0 spiro atoms. The van der Waals surface area contributed by atoms with Crippen molar-refractivity contribution in [3.63, 3.8) is 0 Å². The summed E-state index contributed by atoms with van der Waals surface area (Å²) in [6.07, 6.45) is 2.04. The number of carbonyl (C=O) groups excluding carboxylic acids is 1. The van der Waals surface area contributed by atoms with E-state index in [1.165, 1.54) is 9.87 Å². The predicted octanol–water partition coefficient (Wildman–Crippen LogP) is 3.53. The number of carbonyl (C=O) groups is 1. The van der Waals surface area contributed by atoms with E-state index < -0.39 is 10.0 Å². The number of sulfonamides is 1. The first kappa shape index (κ1) is 23.3. The zero-order chi connectivity index (χ0) is 22.3. The zero-order valence-corrected chi connectivity index (χ0v) is 19.2. The molecular weight excluding hydrogens is 412 g/mol.